The van der Waals surface area contributed by atoms with E-state index >= 15 is 0 Å². The number of aryl methyl sites for hydroxylation is 1. The van der Waals surface area contributed by atoms with Crippen molar-refractivity contribution in [1.29, 1.82) is 0 Å². The SMILES string of the molecule is CN1CCN(Cc2ccc(NC(=O)Nc3nc4ccc(-c5ccc(N)nc5)cc4n3C)cc2C(F)(F)F)CC1. The summed E-state index contributed by atoms with van der Waals surface area (Å²) in [4.78, 5) is 25.5. The minimum absolute atomic E-state index is 0.0406. The largest absolute Gasteiger partial charge is 0.416 e. The van der Waals surface area contributed by atoms with Crippen LogP contribution in [0, 0.1) is 0 Å². The first-order valence-electron chi connectivity index (χ1n) is 12.4. The van der Waals surface area contributed by atoms with Gasteiger partial charge in [-0.2, -0.15) is 13.2 Å². The summed E-state index contributed by atoms with van der Waals surface area (Å²) in [6.07, 6.45) is -2.88. The third-order valence-electron chi connectivity index (χ3n) is 6.89. The van der Waals surface area contributed by atoms with Gasteiger partial charge in [0.25, 0.3) is 0 Å². The molecule has 2 amide bonds. The van der Waals surface area contributed by atoms with Crippen LogP contribution in [0.5, 0.6) is 0 Å². The number of piperazine rings is 1. The lowest BCUT2D eigenvalue weighted by Crippen LogP contribution is -2.44. The fourth-order valence-electron chi connectivity index (χ4n) is 4.62. The number of hydrogen-bond acceptors (Lipinski definition) is 6. The molecule has 2 aromatic carbocycles. The van der Waals surface area contributed by atoms with Gasteiger partial charge in [0.15, 0.2) is 0 Å². The van der Waals surface area contributed by atoms with Crippen LogP contribution in [0.2, 0.25) is 0 Å². The molecule has 0 aliphatic carbocycles. The van der Waals surface area contributed by atoms with E-state index in [0.717, 1.165) is 35.8 Å². The molecule has 39 heavy (non-hydrogen) atoms. The molecule has 3 heterocycles. The molecule has 0 spiro atoms. The van der Waals surface area contributed by atoms with Crippen LogP contribution in [0.4, 0.5) is 35.4 Å². The van der Waals surface area contributed by atoms with E-state index in [1.54, 1.807) is 23.9 Å². The van der Waals surface area contributed by atoms with Crippen molar-refractivity contribution < 1.29 is 18.0 Å². The Morgan fingerprint density at radius 2 is 1.72 bits per heavy atom. The molecule has 1 saturated heterocycles. The van der Waals surface area contributed by atoms with Gasteiger partial charge in [-0.3, -0.25) is 10.2 Å². The Balaban J connectivity index is 1.31. The van der Waals surface area contributed by atoms with E-state index in [9.17, 15) is 18.0 Å². The average molecular weight is 539 g/mol. The van der Waals surface area contributed by atoms with Crippen LogP contribution in [-0.4, -0.2) is 63.6 Å². The van der Waals surface area contributed by atoms with Gasteiger partial charge in [0, 0.05) is 57.2 Å². The molecule has 0 unspecified atom stereocenters. The van der Waals surface area contributed by atoms with Crippen LogP contribution in [0.25, 0.3) is 22.2 Å². The Morgan fingerprint density at radius 3 is 2.41 bits per heavy atom. The molecular weight excluding hydrogens is 509 g/mol. The zero-order valence-electron chi connectivity index (χ0n) is 21.6. The highest BCUT2D eigenvalue weighted by Gasteiger charge is 2.34. The Morgan fingerprint density at radius 1 is 0.974 bits per heavy atom. The van der Waals surface area contributed by atoms with Crippen molar-refractivity contribution in [3.8, 4) is 11.1 Å². The van der Waals surface area contributed by atoms with E-state index in [2.05, 4.69) is 25.5 Å². The number of alkyl halides is 3. The molecule has 0 radical (unpaired) electrons. The maximum Gasteiger partial charge on any atom is 0.416 e. The number of aromatic nitrogens is 3. The minimum Gasteiger partial charge on any atom is -0.384 e. The molecule has 204 valence electrons. The number of benzene rings is 2. The molecular formula is C27H29F3N8O. The van der Waals surface area contributed by atoms with Crippen LogP contribution in [0.15, 0.2) is 54.7 Å². The van der Waals surface area contributed by atoms with Crippen molar-refractivity contribution in [2.24, 2.45) is 7.05 Å². The first-order chi connectivity index (χ1) is 18.6. The highest BCUT2D eigenvalue weighted by atomic mass is 19.4. The average Bonchev–Trinajstić information content (AvgIpc) is 3.20. The zero-order chi connectivity index (χ0) is 27.7. The summed E-state index contributed by atoms with van der Waals surface area (Å²) in [7, 11) is 3.74. The number of nitrogen functional groups attached to an aromatic ring is 1. The summed E-state index contributed by atoms with van der Waals surface area (Å²) in [5.41, 5.74) is 8.30. The minimum atomic E-state index is -4.55. The lowest BCUT2D eigenvalue weighted by Gasteiger charge is -2.33. The van der Waals surface area contributed by atoms with Gasteiger partial charge in [-0.25, -0.2) is 14.8 Å². The van der Waals surface area contributed by atoms with Gasteiger partial charge in [-0.15, -0.1) is 0 Å². The molecule has 4 aromatic rings. The molecule has 1 aliphatic rings. The number of nitrogens with zero attached hydrogens (tertiary/aromatic N) is 5. The van der Waals surface area contributed by atoms with Crippen molar-refractivity contribution in [3.63, 3.8) is 0 Å². The Labute approximate surface area is 223 Å². The summed E-state index contributed by atoms with van der Waals surface area (Å²) in [5, 5.41) is 5.15. The smallest absolute Gasteiger partial charge is 0.384 e. The number of amides is 2. The van der Waals surface area contributed by atoms with Gasteiger partial charge < -0.3 is 20.5 Å². The van der Waals surface area contributed by atoms with Crippen molar-refractivity contribution in [2.75, 3.05) is 49.6 Å². The van der Waals surface area contributed by atoms with E-state index < -0.39 is 17.8 Å². The molecule has 12 heteroatoms. The standard InChI is InChI=1S/C27H29F3N8O/c1-36-9-11-38(12-10-36)16-19-3-6-20(14-21(19)27(28,29)30)33-26(39)35-25-34-22-7-4-17(13-23(22)37(25)2)18-5-8-24(31)32-15-18/h3-8,13-15H,9-12,16H2,1-2H3,(H2,31,32)(H2,33,34,35,39). The number of imidazole rings is 1. The van der Waals surface area contributed by atoms with Gasteiger partial charge in [0.05, 0.1) is 16.6 Å². The summed E-state index contributed by atoms with van der Waals surface area (Å²) in [6, 6.07) is 12.4. The number of urea groups is 1. The van der Waals surface area contributed by atoms with Crippen molar-refractivity contribution in [1.82, 2.24) is 24.3 Å². The Bertz CT molecular complexity index is 1490. The van der Waals surface area contributed by atoms with Crippen LogP contribution in [0.3, 0.4) is 0 Å². The highest BCUT2D eigenvalue weighted by molar-refractivity contribution is 6.00. The molecule has 0 atom stereocenters. The second-order valence-electron chi connectivity index (χ2n) is 9.70. The number of fused-ring (bicyclic) bond motifs is 1. The van der Waals surface area contributed by atoms with Crippen LogP contribution < -0.4 is 16.4 Å². The fraction of sp³-hybridized carbons (Fsp3) is 0.296. The predicted molar refractivity (Wildman–Crippen MR) is 145 cm³/mol. The van der Waals surface area contributed by atoms with Crippen molar-refractivity contribution >= 4 is 34.5 Å². The molecule has 0 bridgehead atoms. The summed E-state index contributed by atoms with van der Waals surface area (Å²) < 4.78 is 43.4. The van der Waals surface area contributed by atoms with Crippen LogP contribution in [0.1, 0.15) is 11.1 Å². The number of likely N-dealkylation sites (N-methyl/N-ethyl adjacent to an activating group) is 1. The number of hydrogen-bond donors (Lipinski definition) is 3. The van der Waals surface area contributed by atoms with Crippen molar-refractivity contribution in [2.45, 2.75) is 12.7 Å². The van der Waals surface area contributed by atoms with E-state index in [1.807, 2.05) is 36.2 Å². The lowest BCUT2D eigenvalue weighted by atomic mass is 10.0. The van der Waals surface area contributed by atoms with Gasteiger partial charge >= 0.3 is 12.2 Å². The summed E-state index contributed by atoms with van der Waals surface area (Å²) in [5.74, 6) is 0.669. The second kappa shape index (κ2) is 10.5. The topological polar surface area (TPSA) is 104 Å². The van der Waals surface area contributed by atoms with Gasteiger partial charge in [-0.05, 0) is 54.6 Å². The number of nitrogens with two attached hydrogens (primary N) is 1. The number of nitrogens with one attached hydrogen (secondary N) is 2. The third kappa shape index (κ3) is 5.96. The first kappa shape index (κ1) is 26.4. The Hall–Kier alpha value is -4.16. The van der Waals surface area contributed by atoms with Crippen LogP contribution in [-0.2, 0) is 19.8 Å². The quantitative estimate of drug-likeness (QED) is 0.342. The molecule has 4 N–H and O–H groups in total. The van der Waals surface area contributed by atoms with E-state index in [-0.39, 0.29) is 23.7 Å². The van der Waals surface area contributed by atoms with E-state index in [4.69, 9.17) is 5.73 Å². The lowest BCUT2D eigenvalue weighted by molar-refractivity contribution is -0.138. The molecule has 1 fully saturated rings. The predicted octanol–water partition coefficient (Wildman–Crippen LogP) is 4.63. The first-order valence-corrected chi connectivity index (χ1v) is 12.4. The summed E-state index contributed by atoms with van der Waals surface area (Å²) in [6.45, 7) is 3.22. The maximum atomic E-state index is 13.9. The maximum absolute atomic E-state index is 13.9. The van der Waals surface area contributed by atoms with Gasteiger partial charge in [0.1, 0.15) is 5.82 Å². The fourth-order valence-corrected chi connectivity index (χ4v) is 4.62. The second-order valence-corrected chi connectivity index (χ2v) is 9.70. The monoisotopic (exact) mass is 538 g/mol. The molecule has 2 aromatic heterocycles. The zero-order valence-corrected chi connectivity index (χ0v) is 21.6. The number of anilines is 3. The highest BCUT2D eigenvalue weighted by Crippen LogP contribution is 2.35. The van der Waals surface area contributed by atoms with E-state index in [1.165, 1.54) is 12.1 Å². The Kier molecular flexibility index (Phi) is 7.15. The third-order valence-corrected chi connectivity index (χ3v) is 6.89. The number of pyridine rings is 1. The number of carbonyl (C=O) groups excluding carboxylic acids is 1. The molecule has 9 nitrogen and oxygen atoms in total. The molecule has 0 saturated carbocycles. The van der Waals surface area contributed by atoms with Gasteiger partial charge in [-0.1, -0.05) is 12.1 Å². The molecule has 5 rings (SSSR count). The number of carbonyl (C=O) groups is 1. The van der Waals surface area contributed by atoms with Gasteiger partial charge in [0.2, 0.25) is 5.95 Å². The summed E-state index contributed by atoms with van der Waals surface area (Å²) >= 11 is 0. The van der Waals surface area contributed by atoms with Crippen LogP contribution >= 0.6 is 0 Å². The normalized spacial score (nSPS) is 15.0. The van der Waals surface area contributed by atoms with E-state index in [0.29, 0.717) is 24.4 Å². The number of rotatable bonds is 5. The number of halogens is 3. The van der Waals surface area contributed by atoms with Crippen molar-refractivity contribution in [3.05, 3.63) is 65.9 Å². The molecule has 1 aliphatic heterocycles.